The van der Waals surface area contributed by atoms with Crippen LogP contribution in [0.1, 0.15) is 37.8 Å². The van der Waals surface area contributed by atoms with Gasteiger partial charge in [-0.1, -0.05) is 35.0 Å². The average Bonchev–Trinajstić information content (AvgIpc) is 3.01. The van der Waals surface area contributed by atoms with E-state index in [2.05, 4.69) is 57.3 Å². The zero-order valence-corrected chi connectivity index (χ0v) is 14.7. The highest BCUT2D eigenvalue weighted by atomic mass is 79.9. The summed E-state index contributed by atoms with van der Waals surface area (Å²) in [6.45, 7) is 6.46. The topological polar surface area (TPSA) is 24.5 Å². The van der Waals surface area contributed by atoms with Gasteiger partial charge in [0.1, 0.15) is 0 Å². The van der Waals surface area contributed by atoms with E-state index in [-0.39, 0.29) is 0 Å². The van der Waals surface area contributed by atoms with E-state index in [9.17, 15) is 0 Å². The molecule has 1 aliphatic heterocycles. The van der Waals surface area contributed by atoms with Gasteiger partial charge in [0.15, 0.2) is 0 Å². The van der Waals surface area contributed by atoms with Crippen LogP contribution in [0.5, 0.6) is 0 Å². The Bertz CT molecular complexity index is 404. The van der Waals surface area contributed by atoms with Crippen molar-refractivity contribution in [2.24, 2.45) is 0 Å². The van der Waals surface area contributed by atoms with Crippen molar-refractivity contribution >= 4 is 15.9 Å². The molecule has 118 valence electrons. The Hall–Kier alpha value is -0.420. The second kappa shape index (κ2) is 8.89. The second-order valence-electron chi connectivity index (χ2n) is 5.71. The van der Waals surface area contributed by atoms with E-state index >= 15 is 0 Å². The molecule has 2 unspecified atom stereocenters. The third-order valence-electron chi connectivity index (χ3n) is 4.29. The maximum atomic E-state index is 5.75. The van der Waals surface area contributed by atoms with Gasteiger partial charge in [-0.2, -0.15) is 0 Å². The largest absolute Gasteiger partial charge is 0.377 e. The Morgan fingerprint density at radius 2 is 2.14 bits per heavy atom. The standard InChI is InChI=1S/C17H27BrN2O/c1-3-20(13-16-5-4-12-21-16)11-10-17(19-2)14-6-8-15(18)9-7-14/h6-9,16-17,19H,3-5,10-13H2,1-2H3. The van der Waals surface area contributed by atoms with E-state index in [1.807, 2.05) is 7.05 Å². The Morgan fingerprint density at radius 1 is 1.38 bits per heavy atom. The van der Waals surface area contributed by atoms with E-state index in [4.69, 9.17) is 4.74 Å². The van der Waals surface area contributed by atoms with Gasteiger partial charge in [0.25, 0.3) is 0 Å². The number of ether oxygens (including phenoxy) is 1. The summed E-state index contributed by atoms with van der Waals surface area (Å²) >= 11 is 3.50. The summed E-state index contributed by atoms with van der Waals surface area (Å²) in [5.74, 6) is 0. The van der Waals surface area contributed by atoms with E-state index in [1.165, 1.54) is 18.4 Å². The molecule has 3 nitrogen and oxygen atoms in total. The number of nitrogens with zero attached hydrogens (tertiary/aromatic N) is 1. The molecule has 0 bridgehead atoms. The second-order valence-corrected chi connectivity index (χ2v) is 6.63. The first kappa shape index (κ1) is 16.9. The van der Waals surface area contributed by atoms with E-state index in [1.54, 1.807) is 0 Å². The van der Waals surface area contributed by atoms with E-state index in [0.29, 0.717) is 12.1 Å². The molecule has 1 heterocycles. The van der Waals surface area contributed by atoms with Crippen LogP contribution in [0.15, 0.2) is 28.7 Å². The molecule has 21 heavy (non-hydrogen) atoms. The molecule has 2 atom stereocenters. The summed E-state index contributed by atoms with van der Waals surface area (Å²) in [6.07, 6.45) is 4.02. The van der Waals surface area contributed by atoms with Gasteiger partial charge in [0.2, 0.25) is 0 Å². The van der Waals surface area contributed by atoms with Gasteiger partial charge in [-0.15, -0.1) is 0 Å². The van der Waals surface area contributed by atoms with Gasteiger partial charge in [0, 0.05) is 30.2 Å². The Balaban J connectivity index is 1.84. The molecule has 1 aliphatic rings. The maximum Gasteiger partial charge on any atom is 0.0702 e. The number of hydrogen-bond acceptors (Lipinski definition) is 3. The quantitative estimate of drug-likeness (QED) is 0.771. The van der Waals surface area contributed by atoms with Crippen LogP contribution < -0.4 is 5.32 Å². The third kappa shape index (κ3) is 5.37. The summed E-state index contributed by atoms with van der Waals surface area (Å²) in [5, 5.41) is 3.44. The number of likely N-dealkylation sites (N-methyl/N-ethyl adjacent to an activating group) is 1. The highest BCUT2D eigenvalue weighted by molar-refractivity contribution is 9.10. The van der Waals surface area contributed by atoms with Crippen LogP contribution in [-0.4, -0.2) is 44.3 Å². The number of benzene rings is 1. The number of hydrogen-bond donors (Lipinski definition) is 1. The predicted octanol–water partition coefficient (Wildman–Crippen LogP) is 3.60. The van der Waals surface area contributed by atoms with Crippen LogP contribution in [0, 0.1) is 0 Å². The number of nitrogens with one attached hydrogen (secondary N) is 1. The fraction of sp³-hybridized carbons (Fsp3) is 0.647. The molecule has 1 aromatic rings. The van der Waals surface area contributed by atoms with Crippen LogP contribution in [0.4, 0.5) is 0 Å². The molecule has 0 spiro atoms. The molecule has 0 saturated carbocycles. The first-order chi connectivity index (χ1) is 10.2. The Labute approximate surface area is 137 Å². The first-order valence-electron chi connectivity index (χ1n) is 7.99. The molecular formula is C17H27BrN2O. The predicted molar refractivity (Wildman–Crippen MR) is 91.6 cm³/mol. The molecule has 1 fully saturated rings. The van der Waals surface area contributed by atoms with Crippen LogP contribution in [-0.2, 0) is 4.74 Å². The molecule has 0 aromatic heterocycles. The average molecular weight is 355 g/mol. The molecule has 0 radical (unpaired) electrons. The zero-order valence-electron chi connectivity index (χ0n) is 13.1. The molecule has 4 heteroatoms. The van der Waals surface area contributed by atoms with Gasteiger partial charge >= 0.3 is 0 Å². The van der Waals surface area contributed by atoms with Crippen LogP contribution in [0.3, 0.4) is 0 Å². The fourth-order valence-corrected chi connectivity index (χ4v) is 3.20. The van der Waals surface area contributed by atoms with Gasteiger partial charge in [-0.05, 0) is 50.6 Å². The first-order valence-corrected chi connectivity index (χ1v) is 8.79. The summed E-state index contributed by atoms with van der Waals surface area (Å²) in [6, 6.07) is 9.04. The van der Waals surface area contributed by atoms with Crippen molar-refractivity contribution < 1.29 is 4.74 Å². The van der Waals surface area contributed by atoms with Crippen molar-refractivity contribution in [3.8, 4) is 0 Å². The number of halogens is 1. The maximum absolute atomic E-state index is 5.75. The van der Waals surface area contributed by atoms with Crippen LogP contribution >= 0.6 is 15.9 Å². The highest BCUT2D eigenvalue weighted by Crippen LogP contribution is 2.20. The lowest BCUT2D eigenvalue weighted by atomic mass is 10.0. The molecule has 1 saturated heterocycles. The van der Waals surface area contributed by atoms with Gasteiger partial charge in [-0.25, -0.2) is 0 Å². The molecule has 1 aromatic carbocycles. The summed E-state index contributed by atoms with van der Waals surface area (Å²) in [7, 11) is 2.04. The normalized spacial score (nSPS) is 20.1. The molecule has 0 amide bonds. The van der Waals surface area contributed by atoms with Crippen molar-refractivity contribution in [2.45, 2.75) is 38.3 Å². The Kier molecular flexibility index (Phi) is 7.17. The van der Waals surface area contributed by atoms with Crippen molar-refractivity contribution in [3.05, 3.63) is 34.3 Å². The highest BCUT2D eigenvalue weighted by Gasteiger charge is 2.19. The smallest absolute Gasteiger partial charge is 0.0702 e. The molecule has 1 N–H and O–H groups in total. The minimum Gasteiger partial charge on any atom is -0.377 e. The fourth-order valence-electron chi connectivity index (χ4n) is 2.94. The van der Waals surface area contributed by atoms with Crippen molar-refractivity contribution in [3.63, 3.8) is 0 Å². The molecule has 2 rings (SSSR count). The lowest BCUT2D eigenvalue weighted by molar-refractivity contribution is 0.0735. The van der Waals surface area contributed by atoms with Crippen molar-refractivity contribution in [2.75, 3.05) is 33.3 Å². The van der Waals surface area contributed by atoms with Gasteiger partial charge < -0.3 is 15.0 Å². The summed E-state index contributed by atoms with van der Waals surface area (Å²) in [4.78, 5) is 2.51. The minimum atomic E-state index is 0.414. The lowest BCUT2D eigenvalue weighted by Gasteiger charge is -2.26. The summed E-state index contributed by atoms with van der Waals surface area (Å²) in [5.41, 5.74) is 1.36. The van der Waals surface area contributed by atoms with Crippen LogP contribution in [0.2, 0.25) is 0 Å². The minimum absolute atomic E-state index is 0.414. The van der Waals surface area contributed by atoms with E-state index < -0.39 is 0 Å². The summed E-state index contributed by atoms with van der Waals surface area (Å²) < 4.78 is 6.89. The van der Waals surface area contributed by atoms with Crippen molar-refractivity contribution in [1.82, 2.24) is 10.2 Å². The third-order valence-corrected chi connectivity index (χ3v) is 4.82. The number of rotatable bonds is 8. The molecule has 0 aliphatic carbocycles. The van der Waals surface area contributed by atoms with Crippen LogP contribution in [0.25, 0.3) is 0 Å². The monoisotopic (exact) mass is 354 g/mol. The zero-order chi connectivity index (χ0) is 15.1. The van der Waals surface area contributed by atoms with E-state index in [0.717, 1.165) is 37.1 Å². The molecular weight excluding hydrogens is 328 g/mol. The SMILES string of the molecule is CCN(CCC(NC)c1ccc(Br)cc1)CC1CCCO1. The van der Waals surface area contributed by atoms with Gasteiger partial charge in [-0.3, -0.25) is 0 Å². The van der Waals surface area contributed by atoms with Crippen molar-refractivity contribution in [1.29, 1.82) is 0 Å². The lowest BCUT2D eigenvalue weighted by Crippen LogP contribution is -2.34. The Morgan fingerprint density at radius 3 is 2.71 bits per heavy atom. The van der Waals surface area contributed by atoms with Gasteiger partial charge in [0.05, 0.1) is 6.10 Å².